The lowest BCUT2D eigenvalue weighted by atomic mass is 9.93. The first-order valence-electron chi connectivity index (χ1n) is 8.23. The number of nitrogens with two attached hydrogens (primary N) is 2. The molecular formula is C17H36N2O3. The third-order valence-corrected chi connectivity index (χ3v) is 3.32. The van der Waals surface area contributed by atoms with E-state index < -0.39 is 5.97 Å². The van der Waals surface area contributed by atoms with Crippen LogP contribution in [-0.2, 0) is 9.59 Å². The number of Topliss-reactive ketones (excluding diaryl/α,β-unsaturated/α-hetero) is 1. The van der Waals surface area contributed by atoms with Crippen molar-refractivity contribution in [2.24, 2.45) is 35.1 Å². The Labute approximate surface area is 135 Å². The summed E-state index contributed by atoms with van der Waals surface area (Å²) < 4.78 is 0. The van der Waals surface area contributed by atoms with Crippen LogP contribution >= 0.6 is 0 Å². The van der Waals surface area contributed by atoms with Gasteiger partial charge in [0.1, 0.15) is 5.78 Å². The number of hydrogen-bond acceptors (Lipinski definition) is 4. The number of carboxylic acid groups (broad SMARTS) is 1. The van der Waals surface area contributed by atoms with Crippen molar-refractivity contribution in [2.75, 3.05) is 13.1 Å². The highest BCUT2D eigenvalue weighted by Gasteiger charge is 2.12. The minimum absolute atomic E-state index is 0.146. The Morgan fingerprint density at radius 3 is 1.45 bits per heavy atom. The molecule has 0 aliphatic carbocycles. The summed E-state index contributed by atoms with van der Waals surface area (Å²) in [6.07, 6.45) is 2.82. The molecule has 0 saturated heterocycles. The number of hydrogen-bond donors (Lipinski definition) is 3. The minimum Gasteiger partial charge on any atom is -0.481 e. The zero-order chi connectivity index (χ0) is 17.7. The van der Waals surface area contributed by atoms with Crippen LogP contribution in [-0.4, -0.2) is 29.9 Å². The first-order valence-corrected chi connectivity index (χ1v) is 8.23. The Morgan fingerprint density at radius 2 is 1.23 bits per heavy atom. The number of carbonyl (C=O) groups is 2. The first-order chi connectivity index (χ1) is 10.1. The van der Waals surface area contributed by atoms with Crippen LogP contribution in [0.15, 0.2) is 0 Å². The van der Waals surface area contributed by atoms with E-state index >= 15 is 0 Å². The number of rotatable bonds is 10. The van der Waals surface area contributed by atoms with Gasteiger partial charge in [-0.25, -0.2) is 0 Å². The highest BCUT2D eigenvalue weighted by molar-refractivity contribution is 5.75. The van der Waals surface area contributed by atoms with Gasteiger partial charge in [-0.15, -0.1) is 0 Å². The lowest BCUT2D eigenvalue weighted by Gasteiger charge is -2.14. The quantitative estimate of drug-likeness (QED) is 0.574. The van der Waals surface area contributed by atoms with Crippen LogP contribution in [0.5, 0.6) is 0 Å². The molecule has 22 heavy (non-hydrogen) atoms. The van der Waals surface area contributed by atoms with Gasteiger partial charge in [-0.3, -0.25) is 4.79 Å². The molecule has 0 spiro atoms. The fourth-order valence-corrected chi connectivity index (χ4v) is 2.51. The van der Waals surface area contributed by atoms with Crippen LogP contribution in [0.2, 0.25) is 0 Å². The summed E-state index contributed by atoms with van der Waals surface area (Å²) in [5.41, 5.74) is 10.9. The third kappa shape index (κ3) is 17.1. The van der Waals surface area contributed by atoms with Crippen molar-refractivity contribution in [2.45, 2.75) is 60.3 Å². The van der Waals surface area contributed by atoms with Gasteiger partial charge < -0.3 is 21.4 Å². The molecule has 0 aromatic heterocycles. The number of ketones is 1. The lowest BCUT2D eigenvalue weighted by molar-refractivity contribution is -0.138. The zero-order valence-electron chi connectivity index (χ0n) is 15.0. The van der Waals surface area contributed by atoms with E-state index in [0.29, 0.717) is 37.3 Å². The summed E-state index contributed by atoms with van der Waals surface area (Å²) in [4.78, 5) is 21.0. The van der Waals surface area contributed by atoms with E-state index in [4.69, 9.17) is 16.6 Å². The van der Waals surface area contributed by atoms with Gasteiger partial charge >= 0.3 is 5.97 Å². The van der Waals surface area contributed by atoms with Crippen LogP contribution in [0.4, 0.5) is 0 Å². The van der Waals surface area contributed by atoms with Crippen LogP contribution in [0.25, 0.3) is 0 Å². The monoisotopic (exact) mass is 316 g/mol. The molecule has 0 aliphatic rings. The standard InChI is InChI=1S/C9H19NO.C8H17NO2/c1-7(2)4-9(6-10)5-8(3)11;1-6(2)3-7(5-9)4-8(10)11/h7,9H,4-6,10H2,1-3H3;6-7H,3-5,9H2,1-2H3,(H,10,11)/t9-;/m0./s1. The molecule has 0 heterocycles. The average Bonchev–Trinajstić information content (AvgIpc) is 2.35. The van der Waals surface area contributed by atoms with E-state index in [1.54, 1.807) is 6.92 Å². The second kappa shape index (κ2) is 13.7. The maximum atomic E-state index is 10.7. The highest BCUT2D eigenvalue weighted by Crippen LogP contribution is 2.14. The Morgan fingerprint density at radius 1 is 0.864 bits per heavy atom. The second-order valence-corrected chi connectivity index (χ2v) is 6.97. The normalized spacial score (nSPS) is 13.5. The molecule has 0 saturated carbocycles. The minimum atomic E-state index is -0.749. The van der Waals surface area contributed by atoms with Crippen LogP contribution in [0, 0.1) is 23.7 Å². The van der Waals surface area contributed by atoms with Crippen molar-refractivity contribution in [1.82, 2.24) is 0 Å². The van der Waals surface area contributed by atoms with Gasteiger partial charge in [0.05, 0.1) is 0 Å². The summed E-state index contributed by atoms with van der Waals surface area (Å²) in [6, 6.07) is 0. The molecule has 0 fully saturated rings. The van der Waals surface area contributed by atoms with Gasteiger partial charge in [-0.05, 0) is 56.5 Å². The van der Waals surface area contributed by atoms with Gasteiger partial charge in [0, 0.05) is 12.8 Å². The van der Waals surface area contributed by atoms with Gasteiger partial charge in [-0.1, -0.05) is 27.7 Å². The van der Waals surface area contributed by atoms with Crippen LogP contribution in [0.1, 0.15) is 60.3 Å². The van der Waals surface area contributed by atoms with Crippen molar-refractivity contribution >= 4 is 11.8 Å². The van der Waals surface area contributed by atoms with Crippen molar-refractivity contribution in [3.8, 4) is 0 Å². The van der Waals surface area contributed by atoms with Crippen molar-refractivity contribution in [1.29, 1.82) is 0 Å². The molecular weight excluding hydrogens is 280 g/mol. The van der Waals surface area contributed by atoms with Gasteiger partial charge in [0.15, 0.2) is 0 Å². The zero-order valence-corrected chi connectivity index (χ0v) is 15.0. The van der Waals surface area contributed by atoms with Gasteiger partial charge in [0.2, 0.25) is 0 Å². The van der Waals surface area contributed by atoms with Crippen molar-refractivity contribution < 1.29 is 14.7 Å². The van der Waals surface area contributed by atoms with E-state index in [9.17, 15) is 9.59 Å². The molecule has 0 amide bonds. The lowest BCUT2D eigenvalue weighted by Crippen LogP contribution is -2.19. The molecule has 1 unspecified atom stereocenters. The Balaban J connectivity index is 0. The molecule has 0 rings (SSSR count). The summed E-state index contributed by atoms with van der Waals surface area (Å²) >= 11 is 0. The molecule has 0 radical (unpaired) electrons. The maximum absolute atomic E-state index is 10.7. The molecule has 0 bridgehead atoms. The molecule has 0 aromatic carbocycles. The number of carboxylic acids is 1. The van der Waals surface area contributed by atoms with Crippen LogP contribution in [0.3, 0.4) is 0 Å². The predicted molar refractivity (Wildman–Crippen MR) is 91.5 cm³/mol. The van der Waals surface area contributed by atoms with Crippen molar-refractivity contribution in [3.05, 3.63) is 0 Å². The molecule has 0 aromatic rings. The Kier molecular flexibility index (Phi) is 14.5. The smallest absolute Gasteiger partial charge is 0.303 e. The molecule has 5 heteroatoms. The Hall–Kier alpha value is -0.940. The summed E-state index contributed by atoms with van der Waals surface area (Å²) in [5.74, 6) is 1.22. The maximum Gasteiger partial charge on any atom is 0.303 e. The molecule has 0 aliphatic heterocycles. The van der Waals surface area contributed by atoms with Gasteiger partial charge in [0.25, 0.3) is 0 Å². The number of aliphatic carboxylic acids is 1. The SMILES string of the molecule is CC(=O)C[C@@H](CN)CC(C)C.CC(C)CC(CN)CC(=O)O. The van der Waals surface area contributed by atoms with E-state index in [2.05, 4.69) is 27.7 Å². The van der Waals surface area contributed by atoms with Crippen molar-refractivity contribution in [3.63, 3.8) is 0 Å². The van der Waals surface area contributed by atoms with E-state index in [1.807, 2.05) is 0 Å². The largest absolute Gasteiger partial charge is 0.481 e. The van der Waals surface area contributed by atoms with E-state index in [0.717, 1.165) is 12.8 Å². The summed E-state index contributed by atoms with van der Waals surface area (Å²) in [7, 11) is 0. The summed E-state index contributed by atoms with van der Waals surface area (Å²) in [5, 5.41) is 8.47. The average molecular weight is 316 g/mol. The van der Waals surface area contributed by atoms with E-state index in [-0.39, 0.29) is 18.1 Å². The molecule has 132 valence electrons. The van der Waals surface area contributed by atoms with E-state index in [1.165, 1.54) is 0 Å². The number of carbonyl (C=O) groups excluding carboxylic acids is 1. The third-order valence-electron chi connectivity index (χ3n) is 3.32. The van der Waals surface area contributed by atoms with Crippen LogP contribution < -0.4 is 11.5 Å². The summed E-state index contributed by atoms with van der Waals surface area (Å²) in [6.45, 7) is 11.2. The predicted octanol–water partition coefficient (Wildman–Crippen LogP) is 2.67. The fraction of sp³-hybridized carbons (Fsp3) is 0.882. The molecule has 5 nitrogen and oxygen atoms in total. The van der Waals surface area contributed by atoms with Gasteiger partial charge in [-0.2, -0.15) is 0 Å². The molecule has 5 N–H and O–H groups in total. The molecule has 2 atom stereocenters. The Bertz CT molecular complexity index is 274. The topological polar surface area (TPSA) is 106 Å². The highest BCUT2D eigenvalue weighted by atomic mass is 16.4. The fourth-order valence-electron chi connectivity index (χ4n) is 2.51. The first kappa shape index (κ1) is 23.3. The second-order valence-electron chi connectivity index (χ2n) is 6.97.